The van der Waals surface area contributed by atoms with E-state index >= 15 is 0 Å². The van der Waals surface area contributed by atoms with Crippen LogP contribution < -0.4 is 5.32 Å². The molecule has 1 aromatic carbocycles. The van der Waals surface area contributed by atoms with Crippen LogP contribution in [0.15, 0.2) is 46.7 Å². The number of rotatable bonds is 8. The van der Waals surface area contributed by atoms with Gasteiger partial charge in [-0.25, -0.2) is 8.42 Å². The van der Waals surface area contributed by atoms with E-state index in [1.807, 2.05) is 18.2 Å². The Labute approximate surface area is 207 Å². The van der Waals surface area contributed by atoms with E-state index in [0.29, 0.717) is 56.5 Å². The normalized spacial score (nSPS) is 19.9. The van der Waals surface area contributed by atoms with Gasteiger partial charge in [-0.2, -0.15) is 4.31 Å². The predicted octanol–water partition coefficient (Wildman–Crippen LogP) is 3.46. The van der Waals surface area contributed by atoms with Gasteiger partial charge in [0.2, 0.25) is 15.9 Å². The first kappa shape index (κ1) is 25.3. The van der Waals surface area contributed by atoms with Crippen LogP contribution in [0.3, 0.4) is 0 Å². The lowest BCUT2D eigenvalue weighted by atomic mass is 9.97. The van der Waals surface area contributed by atoms with Gasteiger partial charge in [0.15, 0.2) is 0 Å². The molecule has 7 nitrogen and oxygen atoms in total. The summed E-state index contributed by atoms with van der Waals surface area (Å²) in [7, 11) is -3.54. The molecule has 3 heterocycles. The number of ether oxygens (including phenoxy) is 1. The van der Waals surface area contributed by atoms with E-state index < -0.39 is 10.0 Å². The first-order valence-corrected chi connectivity index (χ1v) is 14.4. The third-order valence-corrected chi connectivity index (χ3v) is 9.72. The number of morpholine rings is 1. The number of thiophene rings is 1. The van der Waals surface area contributed by atoms with Crippen LogP contribution in [0.4, 0.5) is 0 Å². The van der Waals surface area contributed by atoms with E-state index in [1.165, 1.54) is 9.18 Å². The van der Waals surface area contributed by atoms with E-state index in [9.17, 15) is 13.2 Å². The van der Waals surface area contributed by atoms with Crippen molar-refractivity contribution in [2.45, 2.75) is 43.5 Å². The molecule has 0 spiro atoms. The van der Waals surface area contributed by atoms with E-state index in [1.54, 1.807) is 23.5 Å². The second kappa shape index (κ2) is 11.3. The molecule has 9 heteroatoms. The monoisotopic (exact) mass is 505 g/mol. The fourth-order valence-corrected chi connectivity index (χ4v) is 6.98. The zero-order valence-electron chi connectivity index (χ0n) is 20.0. The third kappa shape index (κ3) is 5.88. The van der Waals surface area contributed by atoms with Crippen molar-refractivity contribution < 1.29 is 17.9 Å². The molecular weight excluding hydrogens is 470 g/mol. The van der Waals surface area contributed by atoms with Crippen LogP contribution in [-0.2, 0) is 19.6 Å². The number of hydrogen-bond acceptors (Lipinski definition) is 6. The highest BCUT2D eigenvalue weighted by molar-refractivity contribution is 7.89. The zero-order chi connectivity index (χ0) is 24.1. The molecule has 1 amide bonds. The Kier molecular flexibility index (Phi) is 8.42. The van der Waals surface area contributed by atoms with Gasteiger partial charge in [0.25, 0.3) is 0 Å². The van der Waals surface area contributed by atoms with E-state index in [-0.39, 0.29) is 17.9 Å². The standard InChI is InChI=1S/C25H35N3O4S2/c1-19(2)20-5-7-22(8-6-20)34(30,31)28-11-9-21(10-12-28)25(29)26-18-23(24-4-3-17-33-24)27-13-15-32-16-14-27/h3-8,17,19,21,23H,9-16,18H2,1-2H3,(H,26,29)/t23-/m0/s1. The summed E-state index contributed by atoms with van der Waals surface area (Å²) in [6.07, 6.45) is 1.08. The maximum absolute atomic E-state index is 13.1. The van der Waals surface area contributed by atoms with Gasteiger partial charge in [-0.3, -0.25) is 9.69 Å². The Balaban J connectivity index is 1.32. The molecule has 186 valence electrons. The van der Waals surface area contributed by atoms with Crippen molar-refractivity contribution >= 4 is 27.3 Å². The molecule has 0 radical (unpaired) electrons. The molecule has 2 saturated heterocycles. The topological polar surface area (TPSA) is 79.0 Å². The van der Waals surface area contributed by atoms with Gasteiger partial charge in [-0.15, -0.1) is 11.3 Å². The lowest BCUT2D eigenvalue weighted by molar-refractivity contribution is -0.126. The zero-order valence-corrected chi connectivity index (χ0v) is 21.6. The molecule has 1 aromatic heterocycles. The predicted molar refractivity (Wildman–Crippen MR) is 134 cm³/mol. The summed E-state index contributed by atoms with van der Waals surface area (Å²) >= 11 is 1.71. The lowest BCUT2D eigenvalue weighted by Gasteiger charge is -2.35. The van der Waals surface area contributed by atoms with Gasteiger partial charge < -0.3 is 10.1 Å². The molecule has 1 N–H and O–H groups in total. The molecule has 0 aliphatic carbocycles. The first-order chi connectivity index (χ1) is 16.4. The number of sulfonamides is 1. The summed E-state index contributed by atoms with van der Waals surface area (Å²) in [6, 6.07) is 11.5. The van der Waals surface area contributed by atoms with Gasteiger partial charge in [-0.1, -0.05) is 32.0 Å². The molecule has 2 aliphatic rings. The SMILES string of the molecule is CC(C)c1ccc(S(=O)(=O)N2CCC(C(=O)NC[C@@H](c3cccs3)N3CCOCC3)CC2)cc1. The van der Waals surface area contributed by atoms with Crippen molar-refractivity contribution in [1.82, 2.24) is 14.5 Å². The van der Waals surface area contributed by atoms with Crippen molar-refractivity contribution in [3.8, 4) is 0 Å². The summed E-state index contributed by atoms with van der Waals surface area (Å²) in [6.45, 7) is 8.59. The molecule has 2 fully saturated rings. The number of piperidine rings is 1. The maximum Gasteiger partial charge on any atom is 0.243 e. The van der Waals surface area contributed by atoms with Crippen LogP contribution in [0.5, 0.6) is 0 Å². The molecule has 1 atom stereocenters. The molecular formula is C25H35N3O4S2. The van der Waals surface area contributed by atoms with Gasteiger partial charge in [0, 0.05) is 43.5 Å². The highest BCUT2D eigenvalue weighted by Gasteiger charge is 2.33. The summed E-state index contributed by atoms with van der Waals surface area (Å²) in [4.78, 5) is 16.9. The summed E-state index contributed by atoms with van der Waals surface area (Å²) in [5, 5.41) is 5.22. The highest BCUT2D eigenvalue weighted by atomic mass is 32.2. The quantitative estimate of drug-likeness (QED) is 0.595. The second-order valence-corrected chi connectivity index (χ2v) is 12.2. The average molecular weight is 506 g/mol. The Morgan fingerprint density at radius 3 is 2.35 bits per heavy atom. The molecule has 0 saturated carbocycles. The van der Waals surface area contributed by atoms with Crippen LogP contribution in [0.1, 0.15) is 49.1 Å². The summed E-state index contributed by atoms with van der Waals surface area (Å²) in [5.74, 6) is 0.213. The van der Waals surface area contributed by atoms with Crippen LogP contribution >= 0.6 is 11.3 Å². The fourth-order valence-electron chi connectivity index (χ4n) is 4.65. The number of carbonyl (C=O) groups is 1. The number of nitrogens with one attached hydrogen (secondary N) is 1. The van der Waals surface area contributed by atoms with Crippen LogP contribution in [0.2, 0.25) is 0 Å². The fraction of sp³-hybridized carbons (Fsp3) is 0.560. The smallest absolute Gasteiger partial charge is 0.243 e. The number of benzene rings is 1. The van der Waals surface area contributed by atoms with Crippen LogP contribution in [-0.4, -0.2) is 69.5 Å². The minimum Gasteiger partial charge on any atom is -0.379 e. The molecule has 34 heavy (non-hydrogen) atoms. The Bertz CT molecular complexity index is 1020. The van der Waals surface area contributed by atoms with Crippen molar-refractivity contribution in [1.29, 1.82) is 0 Å². The van der Waals surface area contributed by atoms with Gasteiger partial charge in [0.1, 0.15) is 0 Å². The second-order valence-electron chi connectivity index (χ2n) is 9.33. The van der Waals surface area contributed by atoms with Crippen molar-refractivity contribution in [3.05, 3.63) is 52.2 Å². The minimum atomic E-state index is -3.54. The van der Waals surface area contributed by atoms with E-state index in [4.69, 9.17) is 4.74 Å². The molecule has 0 bridgehead atoms. The number of carbonyl (C=O) groups excluding carboxylic acids is 1. The molecule has 0 unspecified atom stereocenters. The Morgan fingerprint density at radius 1 is 1.09 bits per heavy atom. The molecule has 2 aliphatic heterocycles. The van der Waals surface area contributed by atoms with Crippen molar-refractivity contribution in [2.24, 2.45) is 5.92 Å². The third-order valence-electron chi connectivity index (χ3n) is 6.84. The van der Waals surface area contributed by atoms with E-state index in [2.05, 4.69) is 35.5 Å². The Morgan fingerprint density at radius 2 is 1.76 bits per heavy atom. The van der Waals surface area contributed by atoms with Gasteiger partial charge in [0.05, 0.1) is 24.2 Å². The first-order valence-electron chi connectivity index (χ1n) is 12.1. The lowest BCUT2D eigenvalue weighted by Crippen LogP contribution is -2.46. The van der Waals surface area contributed by atoms with Crippen molar-refractivity contribution in [3.63, 3.8) is 0 Å². The highest BCUT2D eigenvalue weighted by Crippen LogP contribution is 2.27. The maximum atomic E-state index is 13.1. The van der Waals surface area contributed by atoms with Crippen molar-refractivity contribution in [2.75, 3.05) is 45.9 Å². The minimum absolute atomic E-state index is 0.0214. The van der Waals surface area contributed by atoms with Gasteiger partial charge in [-0.05, 0) is 47.9 Å². The number of amides is 1. The summed E-state index contributed by atoms with van der Waals surface area (Å²) < 4.78 is 33.2. The van der Waals surface area contributed by atoms with Crippen LogP contribution in [0, 0.1) is 5.92 Å². The number of nitrogens with zero attached hydrogens (tertiary/aromatic N) is 2. The van der Waals surface area contributed by atoms with E-state index in [0.717, 1.165) is 18.7 Å². The summed E-state index contributed by atoms with van der Waals surface area (Å²) in [5.41, 5.74) is 1.12. The molecule has 2 aromatic rings. The largest absolute Gasteiger partial charge is 0.379 e. The Hall–Kier alpha value is -1.78. The van der Waals surface area contributed by atoms with Gasteiger partial charge >= 0.3 is 0 Å². The average Bonchev–Trinajstić information content (AvgIpc) is 3.39. The molecule has 4 rings (SSSR count). The van der Waals surface area contributed by atoms with Crippen LogP contribution in [0.25, 0.3) is 0 Å². The number of hydrogen-bond donors (Lipinski definition) is 1.